The molecule has 0 saturated heterocycles. The third-order valence-electron chi connectivity index (χ3n) is 3.50. The lowest BCUT2D eigenvalue weighted by molar-refractivity contribution is -0.128. The monoisotopic (exact) mass is 394 g/mol. The van der Waals surface area contributed by atoms with Crippen LogP contribution in [-0.2, 0) is 25.1 Å². The number of carbonyl (C=O) groups is 3. The Morgan fingerprint density at radius 3 is 2.44 bits per heavy atom. The van der Waals surface area contributed by atoms with Crippen LogP contribution in [0.15, 0.2) is 52.0 Å². The first-order valence-corrected chi connectivity index (χ1v) is 9.47. The summed E-state index contributed by atoms with van der Waals surface area (Å²) in [5.74, 6) is -2.66. The summed E-state index contributed by atoms with van der Waals surface area (Å²) in [7, 11) is -2.38. The summed E-state index contributed by atoms with van der Waals surface area (Å²) in [6.45, 7) is 1.26. The lowest BCUT2D eigenvalue weighted by Gasteiger charge is -2.12. The molecule has 0 fully saturated rings. The number of urea groups is 1. The molecule has 2 rings (SSSR count). The van der Waals surface area contributed by atoms with Gasteiger partial charge in [-0.1, -0.05) is 18.2 Å². The van der Waals surface area contributed by atoms with Crippen molar-refractivity contribution < 1.29 is 32.0 Å². The standard InChI is InChI=1S/C17H18N2O7S/c1-11(15(20)19-17(22)18-2)26-16(21)14-12(8-9-25-14)10-27(23,24)13-6-4-3-5-7-13/h3-9,11H,10H2,1-2H3,(H2,18,19,20,22). The zero-order chi connectivity index (χ0) is 20.0. The third kappa shape index (κ3) is 5.17. The minimum atomic E-state index is -3.70. The molecule has 27 heavy (non-hydrogen) atoms. The number of sulfone groups is 1. The van der Waals surface area contributed by atoms with Crippen LogP contribution in [0.2, 0.25) is 0 Å². The Morgan fingerprint density at radius 1 is 1.15 bits per heavy atom. The fourth-order valence-electron chi connectivity index (χ4n) is 2.09. The summed E-state index contributed by atoms with van der Waals surface area (Å²) in [5, 5.41) is 4.15. The first kappa shape index (κ1) is 20.2. The van der Waals surface area contributed by atoms with Crippen LogP contribution in [0.3, 0.4) is 0 Å². The summed E-state index contributed by atoms with van der Waals surface area (Å²) < 4.78 is 34.9. The molecular weight excluding hydrogens is 376 g/mol. The molecule has 144 valence electrons. The molecule has 2 N–H and O–H groups in total. The van der Waals surface area contributed by atoms with Gasteiger partial charge in [-0.15, -0.1) is 0 Å². The Bertz CT molecular complexity index is 935. The van der Waals surface area contributed by atoms with Crippen LogP contribution in [0, 0.1) is 0 Å². The van der Waals surface area contributed by atoms with Gasteiger partial charge in [0.1, 0.15) is 0 Å². The minimum absolute atomic E-state index is 0.0998. The smallest absolute Gasteiger partial charge is 0.375 e. The molecule has 0 saturated carbocycles. The Kier molecular flexibility index (Phi) is 6.35. The van der Waals surface area contributed by atoms with Gasteiger partial charge >= 0.3 is 12.0 Å². The highest BCUT2D eigenvalue weighted by atomic mass is 32.2. The van der Waals surface area contributed by atoms with Crippen molar-refractivity contribution in [2.24, 2.45) is 0 Å². The highest BCUT2D eigenvalue weighted by molar-refractivity contribution is 7.90. The zero-order valence-corrected chi connectivity index (χ0v) is 15.4. The van der Waals surface area contributed by atoms with Crippen molar-refractivity contribution in [2.75, 3.05) is 7.05 Å². The van der Waals surface area contributed by atoms with Crippen LogP contribution in [0.1, 0.15) is 23.0 Å². The van der Waals surface area contributed by atoms with Gasteiger partial charge in [0.05, 0.1) is 16.9 Å². The maximum atomic E-state index is 12.5. The molecule has 0 aliphatic heterocycles. The van der Waals surface area contributed by atoms with Gasteiger partial charge in [-0.05, 0) is 25.1 Å². The van der Waals surface area contributed by atoms with Gasteiger partial charge in [-0.3, -0.25) is 10.1 Å². The second kappa shape index (κ2) is 8.49. The van der Waals surface area contributed by atoms with Crippen molar-refractivity contribution in [1.29, 1.82) is 0 Å². The average molecular weight is 394 g/mol. The van der Waals surface area contributed by atoms with E-state index in [-0.39, 0.29) is 16.2 Å². The first-order valence-electron chi connectivity index (χ1n) is 7.82. The molecule has 1 unspecified atom stereocenters. The fraction of sp³-hybridized carbons (Fsp3) is 0.235. The van der Waals surface area contributed by atoms with Gasteiger partial charge in [-0.25, -0.2) is 18.0 Å². The second-order valence-electron chi connectivity index (χ2n) is 5.46. The quantitative estimate of drug-likeness (QED) is 0.705. The molecule has 9 nitrogen and oxygen atoms in total. The molecule has 0 bridgehead atoms. The molecular formula is C17H18N2O7S. The normalized spacial score (nSPS) is 12.1. The fourth-order valence-corrected chi connectivity index (χ4v) is 3.46. The Balaban J connectivity index is 2.11. The number of esters is 1. The molecule has 1 atom stereocenters. The number of amides is 3. The SMILES string of the molecule is CNC(=O)NC(=O)C(C)OC(=O)c1occc1CS(=O)(=O)c1ccccc1. The van der Waals surface area contributed by atoms with Gasteiger partial charge in [0.15, 0.2) is 15.9 Å². The van der Waals surface area contributed by atoms with Crippen LogP contribution in [-0.4, -0.2) is 39.5 Å². The number of benzene rings is 1. The number of carbonyl (C=O) groups excluding carboxylic acids is 3. The van der Waals surface area contributed by atoms with E-state index in [2.05, 4.69) is 5.32 Å². The van der Waals surface area contributed by atoms with E-state index in [1.54, 1.807) is 18.2 Å². The van der Waals surface area contributed by atoms with E-state index < -0.39 is 39.6 Å². The topological polar surface area (TPSA) is 132 Å². The first-order chi connectivity index (χ1) is 12.7. The molecule has 0 aliphatic carbocycles. The Labute approximate surface area is 155 Å². The Morgan fingerprint density at radius 2 is 1.81 bits per heavy atom. The summed E-state index contributed by atoms with van der Waals surface area (Å²) in [6, 6.07) is 8.33. The number of hydrogen-bond donors (Lipinski definition) is 2. The highest BCUT2D eigenvalue weighted by Gasteiger charge is 2.26. The minimum Gasteiger partial charge on any atom is -0.457 e. The lowest BCUT2D eigenvalue weighted by atomic mass is 10.3. The summed E-state index contributed by atoms with van der Waals surface area (Å²) in [5.41, 5.74) is 0.0998. The van der Waals surface area contributed by atoms with Gasteiger partial charge in [-0.2, -0.15) is 0 Å². The molecule has 2 aromatic rings. The number of hydrogen-bond acceptors (Lipinski definition) is 7. The number of furan rings is 1. The van der Waals surface area contributed by atoms with E-state index >= 15 is 0 Å². The Hall–Kier alpha value is -3.14. The summed E-state index contributed by atoms with van der Waals surface area (Å²) >= 11 is 0. The molecule has 1 aromatic carbocycles. The van der Waals surface area contributed by atoms with Crippen molar-refractivity contribution in [3.63, 3.8) is 0 Å². The molecule has 10 heteroatoms. The van der Waals surface area contributed by atoms with Crippen molar-refractivity contribution in [1.82, 2.24) is 10.6 Å². The number of imide groups is 1. The highest BCUT2D eigenvalue weighted by Crippen LogP contribution is 2.20. The molecule has 0 aliphatic rings. The average Bonchev–Trinajstić information content (AvgIpc) is 3.09. The predicted molar refractivity (Wildman–Crippen MR) is 93.5 cm³/mol. The number of ether oxygens (including phenoxy) is 1. The van der Waals surface area contributed by atoms with Crippen LogP contribution in [0.4, 0.5) is 4.79 Å². The van der Waals surface area contributed by atoms with E-state index in [9.17, 15) is 22.8 Å². The molecule has 1 heterocycles. The lowest BCUT2D eigenvalue weighted by Crippen LogP contribution is -2.43. The number of rotatable bonds is 6. The van der Waals surface area contributed by atoms with E-state index in [1.165, 1.54) is 32.2 Å². The largest absolute Gasteiger partial charge is 0.457 e. The van der Waals surface area contributed by atoms with E-state index in [4.69, 9.17) is 9.15 Å². The third-order valence-corrected chi connectivity index (χ3v) is 5.18. The van der Waals surface area contributed by atoms with Gasteiger partial charge in [0, 0.05) is 12.6 Å². The second-order valence-corrected chi connectivity index (χ2v) is 7.45. The maximum Gasteiger partial charge on any atom is 0.375 e. The predicted octanol–water partition coefficient (Wildman–Crippen LogP) is 1.25. The van der Waals surface area contributed by atoms with Crippen LogP contribution >= 0.6 is 0 Å². The summed E-state index contributed by atoms with van der Waals surface area (Å²) in [6.07, 6.45) is -0.139. The van der Waals surface area contributed by atoms with Crippen molar-refractivity contribution in [3.05, 3.63) is 54.0 Å². The van der Waals surface area contributed by atoms with Crippen molar-refractivity contribution in [3.8, 4) is 0 Å². The van der Waals surface area contributed by atoms with Gasteiger partial charge in [0.2, 0.25) is 5.76 Å². The van der Waals surface area contributed by atoms with Crippen molar-refractivity contribution in [2.45, 2.75) is 23.7 Å². The zero-order valence-electron chi connectivity index (χ0n) is 14.6. The van der Waals surface area contributed by atoms with Crippen LogP contribution < -0.4 is 10.6 Å². The van der Waals surface area contributed by atoms with Crippen LogP contribution in [0.25, 0.3) is 0 Å². The molecule has 1 aromatic heterocycles. The van der Waals surface area contributed by atoms with Crippen LogP contribution in [0.5, 0.6) is 0 Å². The molecule has 3 amide bonds. The molecule has 0 radical (unpaired) electrons. The number of nitrogens with one attached hydrogen (secondary N) is 2. The maximum absolute atomic E-state index is 12.5. The molecule has 0 spiro atoms. The van der Waals surface area contributed by atoms with Gasteiger partial charge < -0.3 is 14.5 Å². The van der Waals surface area contributed by atoms with Gasteiger partial charge in [0.25, 0.3) is 5.91 Å². The van der Waals surface area contributed by atoms with E-state index in [0.717, 1.165) is 6.26 Å². The van der Waals surface area contributed by atoms with Crippen molar-refractivity contribution >= 4 is 27.7 Å². The summed E-state index contributed by atoms with van der Waals surface area (Å²) in [4.78, 5) is 35.2. The van der Waals surface area contributed by atoms with E-state index in [0.29, 0.717) is 0 Å². The van der Waals surface area contributed by atoms with E-state index in [1.807, 2.05) is 5.32 Å².